The second-order valence-corrected chi connectivity index (χ2v) is 6.88. The lowest BCUT2D eigenvalue weighted by Gasteiger charge is -2.37. The highest BCUT2D eigenvalue weighted by Gasteiger charge is 2.23. The number of anilines is 1. The van der Waals surface area contributed by atoms with Crippen molar-refractivity contribution >= 4 is 21.9 Å². The minimum absolute atomic E-state index is 0.598. The van der Waals surface area contributed by atoms with Crippen molar-refractivity contribution < 1.29 is 4.74 Å². The number of methoxy groups -OCH3 is 1. The van der Waals surface area contributed by atoms with E-state index in [1.54, 1.807) is 13.3 Å². The van der Waals surface area contributed by atoms with E-state index in [9.17, 15) is 0 Å². The first kappa shape index (κ1) is 16.0. The van der Waals surface area contributed by atoms with Crippen LogP contribution in [0.2, 0.25) is 0 Å². The van der Waals surface area contributed by atoms with E-state index in [4.69, 9.17) is 4.74 Å². The molecule has 3 rings (SSSR count). The Morgan fingerprint density at radius 2 is 2.18 bits per heavy atom. The molecule has 2 saturated heterocycles. The van der Waals surface area contributed by atoms with Gasteiger partial charge in [-0.05, 0) is 47.8 Å². The average molecular weight is 370 g/mol. The molecule has 2 aliphatic rings. The fraction of sp³-hybridized carbons (Fsp3) is 0.733. The molecule has 22 heavy (non-hydrogen) atoms. The Balaban J connectivity index is 1.52. The minimum atomic E-state index is 0.598. The highest BCUT2D eigenvalue weighted by molar-refractivity contribution is 9.10. The number of halogens is 1. The second-order valence-electron chi connectivity index (χ2n) is 6.03. The zero-order valence-corrected chi connectivity index (χ0v) is 14.7. The quantitative estimate of drug-likeness (QED) is 0.864. The maximum atomic E-state index is 5.26. The van der Waals surface area contributed by atoms with Gasteiger partial charge in [0.25, 0.3) is 0 Å². The molecule has 0 radical (unpaired) electrons. The summed E-state index contributed by atoms with van der Waals surface area (Å²) in [5.41, 5.74) is 0. The molecule has 2 fully saturated rings. The van der Waals surface area contributed by atoms with E-state index >= 15 is 0 Å². The van der Waals surface area contributed by atoms with Crippen LogP contribution in [0, 0.1) is 5.92 Å². The number of rotatable bonds is 4. The molecule has 2 aliphatic heterocycles. The van der Waals surface area contributed by atoms with Crippen LogP contribution in [0.5, 0.6) is 5.88 Å². The Labute approximate surface area is 140 Å². The highest BCUT2D eigenvalue weighted by Crippen LogP contribution is 2.24. The molecule has 1 aromatic rings. The average Bonchev–Trinajstić information content (AvgIpc) is 2.57. The Morgan fingerprint density at radius 3 is 2.86 bits per heavy atom. The largest absolute Gasteiger partial charge is 0.480 e. The van der Waals surface area contributed by atoms with Gasteiger partial charge in [-0.3, -0.25) is 4.90 Å². The molecule has 0 aliphatic carbocycles. The maximum Gasteiger partial charge on any atom is 0.232 e. The summed E-state index contributed by atoms with van der Waals surface area (Å²) in [6, 6.07) is 0. The Morgan fingerprint density at radius 1 is 1.36 bits per heavy atom. The first-order valence-electron chi connectivity index (χ1n) is 8.01. The fourth-order valence-corrected chi connectivity index (χ4v) is 3.57. The van der Waals surface area contributed by atoms with Gasteiger partial charge >= 0.3 is 0 Å². The molecule has 1 unspecified atom stereocenters. The van der Waals surface area contributed by atoms with Crippen LogP contribution in [-0.2, 0) is 0 Å². The third-order valence-electron chi connectivity index (χ3n) is 4.46. The zero-order valence-electron chi connectivity index (χ0n) is 13.1. The summed E-state index contributed by atoms with van der Waals surface area (Å²) in [6.45, 7) is 7.69. The van der Waals surface area contributed by atoms with E-state index in [0.29, 0.717) is 5.88 Å². The van der Waals surface area contributed by atoms with Gasteiger partial charge in [-0.1, -0.05) is 0 Å². The summed E-state index contributed by atoms with van der Waals surface area (Å²) in [4.78, 5) is 13.7. The Bertz CT molecular complexity index is 487. The van der Waals surface area contributed by atoms with Crippen molar-refractivity contribution in [3.63, 3.8) is 0 Å². The molecule has 0 bridgehead atoms. The van der Waals surface area contributed by atoms with Gasteiger partial charge in [0.15, 0.2) is 0 Å². The molecule has 0 amide bonds. The van der Waals surface area contributed by atoms with Crippen molar-refractivity contribution in [2.45, 2.75) is 12.8 Å². The molecule has 1 aromatic heterocycles. The molecular weight excluding hydrogens is 346 g/mol. The van der Waals surface area contributed by atoms with Gasteiger partial charge in [-0.25, -0.2) is 4.98 Å². The van der Waals surface area contributed by atoms with Crippen molar-refractivity contribution in [2.75, 3.05) is 57.8 Å². The number of nitrogens with zero attached hydrogens (tertiary/aromatic N) is 4. The summed E-state index contributed by atoms with van der Waals surface area (Å²) < 4.78 is 6.05. The smallest absolute Gasteiger partial charge is 0.232 e. The standard InChI is InChI=1S/C15H24BrN5O/c1-22-14-13(16)10-18-15(19-14)21-7-5-20(6-8-21)11-12-3-2-4-17-9-12/h10,12,17H,2-9,11H2,1H3. The van der Waals surface area contributed by atoms with Crippen molar-refractivity contribution in [1.82, 2.24) is 20.2 Å². The Kier molecular flexibility index (Phi) is 5.49. The predicted molar refractivity (Wildman–Crippen MR) is 90.5 cm³/mol. The van der Waals surface area contributed by atoms with E-state index < -0.39 is 0 Å². The SMILES string of the molecule is COc1nc(N2CCN(CC3CCCNC3)CC2)ncc1Br. The van der Waals surface area contributed by atoms with Gasteiger partial charge in [0.05, 0.1) is 17.8 Å². The van der Waals surface area contributed by atoms with Crippen LogP contribution in [0.15, 0.2) is 10.7 Å². The van der Waals surface area contributed by atoms with Crippen molar-refractivity contribution in [3.8, 4) is 5.88 Å². The first-order chi connectivity index (χ1) is 10.8. The van der Waals surface area contributed by atoms with E-state index in [1.807, 2.05) is 0 Å². The van der Waals surface area contributed by atoms with E-state index in [-0.39, 0.29) is 0 Å². The summed E-state index contributed by atoms with van der Waals surface area (Å²) >= 11 is 3.40. The van der Waals surface area contributed by atoms with Gasteiger partial charge in [0, 0.05) is 32.7 Å². The predicted octanol–water partition coefficient (Wildman–Crippen LogP) is 1.37. The van der Waals surface area contributed by atoms with Crippen LogP contribution in [0.3, 0.4) is 0 Å². The van der Waals surface area contributed by atoms with Crippen LogP contribution >= 0.6 is 15.9 Å². The van der Waals surface area contributed by atoms with Crippen LogP contribution in [0.25, 0.3) is 0 Å². The lowest BCUT2D eigenvalue weighted by molar-refractivity contribution is 0.198. The lowest BCUT2D eigenvalue weighted by atomic mass is 9.99. The van der Waals surface area contributed by atoms with Crippen LogP contribution in [0.1, 0.15) is 12.8 Å². The minimum Gasteiger partial charge on any atom is -0.480 e. The van der Waals surface area contributed by atoms with Crippen molar-refractivity contribution in [1.29, 1.82) is 0 Å². The summed E-state index contributed by atoms with van der Waals surface area (Å²) in [5.74, 6) is 2.17. The Hall–Kier alpha value is -0.920. The van der Waals surface area contributed by atoms with Gasteiger partial charge in [0.2, 0.25) is 11.8 Å². The number of nitrogens with one attached hydrogen (secondary N) is 1. The van der Waals surface area contributed by atoms with Crippen LogP contribution < -0.4 is 15.0 Å². The number of hydrogen-bond acceptors (Lipinski definition) is 6. The second kappa shape index (κ2) is 7.57. The summed E-state index contributed by atoms with van der Waals surface area (Å²) in [7, 11) is 1.63. The van der Waals surface area contributed by atoms with Gasteiger partial charge in [-0.15, -0.1) is 0 Å². The van der Waals surface area contributed by atoms with E-state index in [1.165, 1.54) is 32.5 Å². The van der Waals surface area contributed by atoms with Gasteiger partial charge in [-0.2, -0.15) is 4.98 Å². The molecule has 1 atom stereocenters. The van der Waals surface area contributed by atoms with Crippen molar-refractivity contribution in [3.05, 3.63) is 10.7 Å². The van der Waals surface area contributed by atoms with Crippen LogP contribution in [-0.4, -0.2) is 67.8 Å². The number of ether oxygens (including phenoxy) is 1. The molecular formula is C15H24BrN5O. The third kappa shape index (κ3) is 3.88. The van der Waals surface area contributed by atoms with E-state index in [2.05, 4.69) is 41.0 Å². The lowest BCUT2D eigenvalue weighted by Crippen LogP contribution is -2.49. The molecule has 122 valence electrons. The number of piperazine rings is 1. The molecule has 6 nitrogen and oxygen atoms in total. The molecule has 3 heterocycles. The zero-order chi connectivity index (χ0) is 15.4. The third-order valence-corrected chi connectivity index (χ3v) is 5.01. The highest BCUT2D eigenvalue weighted by atomic mass is 79.9. The monoisotopic (exact) mass is 369 g/mol. The summed E-state index contributed by atoms with van der Waals surface area (Å²) in [6.07, 6.45) is 4.44. The maximum absolute atomic E-state index is 5.26. The number of aromatic nitrogens is 2. The topological polar surface area (TPSA) is 53.5 Å². The molecule has 0 saturated carbocycles. The molecule has 0 spiro atoms. The van der Waals surface area contributed by atoms with Crippen molar-refractivity contribution in [2.24, 2.45) is 5.92 Å². The molecule has 1 N–H and O–H groups in total. The van der Waals surface area contributed by atoms with Crippen LogP contribution in [0.4, 0.5) is 5.95 Å². The molecule has 0 aromatic carbocycles. The van der Waals surface area contributed by atoms with E-state index in [0.717, 1.165) is 42.5 Å². The number of hydrogen-bond donors (Lipinski definition) is 1. The fourth-order valence-electron chi connectivity index (χ4n) is 3.21. The van der Waals surface area contributed by atoms with Gasteiger partial charge < -0.3 is 15.0 Å². The number of piperidine rings is 1. The first-order valence-corrected chi connectivity index (χ1v) is 8.80. The molecule has 7 heteroatoms. The normalized spacial score (nSPS) is 23.5. The summed E-state index contributed by atoms with van der Waals surface area (Å²) in [5, 5.41) is 3.50. The van der Waals surface area contributed by atoms with Gasteiger partial charge in [0.1, 0.15) is 0 Å².